The van der Waals surface area contributed by atoms with Gasteiger partial charge in [-0.3, -0.25) is 0 Å². The van der Waals surface area contributed by atoms with Crippen LogP contribution in [0.25, 0.3) is 43.8 Å². The fourth-order valence-corrected chi connectivity index (χ4v) is 3.90. The Morgan fingerprint density at radius 1 is 0.542 bits per heavy atom. The molecule has 0 unspecified atom stereocenters. The average Bonchev–Trinajstić information content (AvgIpc) is 3.03. The number of hydrogen-bond acceptors (Lipinski definition) is 1. The van der Waals surface area contributed by atoms with Crippen molar-refractivity contribution in [2.24, 2.45) is 0 Å². The highest BCUT2D eigenvalue weighted by Gasteiger charge is 2.13. The van der Waals surface area contributed by atoms with E-state index in [1.807, 2.05) is 18.2 Å². The summed E-state index contributed by atoms with van der Waals surface area (Å²) in [7, 11) is 0. The molecule has 0 aliphatic carbocycles. The van der Waals surface area contributed by atoms with Crippen molar-refractivity contribution >= 4 is 48.6 Å². The quantitative estimate of drug-likeness (QED) is 0.304. The summed E-state index contributed by atoms with van der Waals surface area (Å²) < 4.78 is 7.23. The summed E-state index contributed by atoms with van der Waals surface area (Å²) in [5, 5.41) is 4.67. The van der Waals surface area contributed by atoms with Gasteiger partial charge in [-0.05, 0) is 44.6 Å². The van der Waals surface area contributed by atoms with Crippen molar-refractivity contribution in [1.29, 1.82) is 0 Å². The predicted molar refractivity (Wildman–Crippen MR) is 104 cm³/mol. The second-order valence-electron chi connectivity index (χ2n) is 5.93. The molecule has 0 aliphatic heterocycles. The van der Waals surface area contributed by atoms with Crippen LogP contribution in [0.1, 0.15) is 0 Å². The molecule has 1 heterocycles. The third kappa shape index (κ3) is 1.93. The number of benzene rings is 4. The highest BCUT2D eigenvalue weighted by molar-refractivity contribution is 9.10. The minimum atomic E-state index is 0.908. The molecule has 0 amide bonds. The van der Waals surface area contributed by atoms with Gasteiger partial charge in [0.25, 0.3) is 0 Å². The Morgan fingerprint density at radius 2 is 1.21 bits per heavy atom. The fraction of sp³-hybridized carbons (Fsp3) is 0. The van der Waals surface area contributed by atoms with E-state index in [2.05, 4.69) is 76.6 Å². The molecule has 0 spiro atoms. The fourth-order valence-electron chi connectivity index (χ4n) is 3.45. The summed E-state index contributed by atoms with van der Waals surface area (Å²) in [6.07, 6.45) is 0. The van der Waals surface area contributed by atoms with Gasteiger partial charge >= 0.3 is 0 Å². The Morgan fingerprint density at radius 3 is 2.04 bits per heavy atom. The minimum Gasteiger partial charge on any atom is -0.454 e. The zero-order valence-corrected chi connectivity index (χ0v) is 14.4. The molecule has 0 saturated heterocycles. The van der Waals surface area contributed by atoms with Gasteiger partial charge in [0.1, 0.15) is 11.2 Å². The van der Waals surface area contributed by atoms with E-state index in [-0.39, 0.29) is 0 Å². The van der Waals surface area contributed by atoms with E-state index in [0.29, 0.717) is 0 Å². The van der Waals surface area contributed by atoms with Crippen LogP contribution in [0.3, 0.4) is 0 Å². The lowest BCUT2D eigenvalue weighted by molar-refractivity contribution is 0.670. The van der Waals surface area contributed by atoms with Crippen LogP contribution in [-0.2, 0) is 0 Å². The van der Waals surface area contributed by atoms with E-state index in [4.69, 9.17) is 4.42 Å². The molecule has 1 aromatic heterocycles. The molecule has 5 aromatic rings. The Balaban J connectivity index is 1.93. The second kappa shape index (κ2) is 5.22. The van der Waals surface area contributed by atoms with E-state index >= 15 is 0 Å². The van der Waals surface area contributed by atoms with Crippen molar-refractivity contribution in [1.82, 2.24) is 0 Å². The van der Waals surface area contributed by atoms with Crippen LogP contribution >= 0.6 is 15.9 Å². The Kier molecular flexibility index (Phi) is 3.00. The van der Waals surface area contributed by atoms with Crippen molar-refractivity contribution in [3.8, 4) is 11.1 Å². The first-order valence-electron chi connectivity index (χ1n) is 7.91. The summed E-state index contributed by atoms with van der Waals surface area (Å²) in [6.45, 7) is 0. The van der Waals surface area contributed by atoms with Gasteiger partial charge in [0.15, 0.2) is 0 Å². The van der Waals surface area contributed by atoms with Crippen molar-refractivity contribution in [2.75, 3.05) is 0 Å². The van der Waals surface area contributed by atoms with Crippen molar-refractivity contribution < 1.29 is 4.42 Å². The number of para-hydroxylation sites is 1. The maximum atomic E-state index is 6.24. The number of halogens is 1. The molecular weight excluding hydrogens is 360 g/mol. The monoisotopic (exact) mass is 372 g/mol. The zero-order chi connectivity index (χ0) is 16.1. The van der Waals surface area contributed by atoms with Gasteiger partial charge < -0.3 is 4.42 Å². The minimum absolute atomic E-state index is 0.908. The average molecular weight is 373 g/mol. The molecule has 0 aliphatic rings. The van der Waals surface area contributed by atoms with Gasteiger partial charge in [0.05, 0.1) is 4.47 Å². The normalized spacial score (nSPS) is 11.5. The first-order chi connectivity index (χ1) is 11.8. The Labute approximate surface area is 147 Å². The lowest BCUT2D eigenvalue weighted by Crippen LogP contribution is -1.81. The van der Waals surface area contributed by atoms with Crippen molar-refractivity contribution in [2.45, 2.75) is 0 Å². The number of fused-ring (bicyclic) bond motifs is 5. The van der Waals surface area contributed by atoms with E-state index in [9.17, 15) is 0 Å². The van der Waals surface area contributed by atoms with Crippen LogP contribution in [0.15, 0.2) is 87.8 Å². The van der Waals surface area contributed by atoms with E-state index in [1.54, 1.807) is 0 Å². The lowest BCUT2D eigenvalue weighted by Gasteiger charge is -2.07. The molecule has 0 saturated carbocycles. The van der Waals surface area contributed by atoms with Crippen LogP contribution in [0.2, 0.25) is 0 Å². The summed E-state index contributed by atoms with van der Waals surface area (Å²) in [4.78, 5) is 0. The maximum Gasteiger partial charge on any atom is 0.149 e. The molecule has 1 nitrogen and oxygen atoms in total. The first-order valence-corrected chi connectivity index (χ1v) is 8.70. The van der Waals surface area contributed by atoms with Crippen LogP contribution < -0.4 is 0 Å². The van der Waals surface area contributed by atoms with Crippen LogP contribution in [0, 0.1) is 0 Å². The standard InChI is InChI=1S/C22H13BrO/c23-20-11-5-10-18-19-13-12-16-15(14-6-2-1-3-7-14)8-4-9-17(16)21(19)24-22(18)20/h1-13H. The van der Waals surface area contributed by atoms with Gasteiger partial charge in [-0.2, -0.15) is 0 Å². The van der Waals surface area contributed by atoms with E-state index in [0.717, 1.165) is 31.8 Å². The van der Waals surface area contributed by atoms with Gasteiger partial charge in [0.2, 0.25) is 0 Å². The van der Waals surface area contributed by atoms with Crippen LogP contribution in [0.4, 0.5) is 0 Å². The van der Waals surface area contributed by atoms with Gasteiger partial charge in [-0.15, -0.1) is 0 Å². The summed E-state index contributed by atoms with van der Waals surface area (Å²) in [5.74, 6) is 0. The molecule has 4 aromatic carbocycles. The topological polar surface area (TPSA) is 13.1 Å². The summed E-state index contributed by atoms with van der Waals surface area (Å²) in [6, 6.07) is 27.4. The third-order valence-electron chi connectivity index (χ3n) is 4.56. The summed E-state index contributed by atoms with van der Waals surface area (Å²) in [5.41, 5.74) is 4.31. The molecule has 0 radical (unpaired) electrons. The van der Waals surface area contributed by atoms with Gasteiger partial charge in [-0.25, -0.2) is 0 Å². The second-order valence-corrected chi connectivity index (χ2v) is 6.78. The van der Waals surface area contributed by atoms with Gasteiger partial charge in [0, 0.05) is 16.2 Å². The van der Waals surface area contributed by atoms with Crippen molar-refractivity contribution in [3.63, 3.8) is 0 Å². The molecule has 2 heteroatoms. The smallest absolute Gasteiger partial charge is 0.149 e. The first kappa shape index (κ1) is 13.8. The van der Waals surface area contributed by atoms with Gasteiger partial charge in [-0.1, -0.05) is 66.7 Å². The molecule has 0 fully saturated rings. The summed E-state index contributed by atoms with van der Waals surface area (Å²) >= 11 is 3.60. The lowest BCUT2D eigenvalue weighted by atomic mass is 9.97. The molecular formula is C22H13BrO. The van der Waals surface area contributed by atoms with Crippen LogP contribution in [-0.4, -0.2) is 0 Å². The highest BCUT2D eigenvalue weighted by Crippen LogP contribution is 2.39. The van der Waals surface area contributed by atoms with Crippen LogP contribution in [0.5, 0.6) is 0 Å². The zero-order valence-electron chi connectivity index (χ0n) is 12.8. The number of rotatable bonds is 1. The SMILES string of the molecule is Brc1cccc2c1oc1c3cccc(-c4ccccc4)c3ccc21. The maximum absolute atomic E-state index is 6.24. The molecule has 24 heavy (non-hydrogen) atoms. The Bertz CT molecular complexity index is 1200. The molecule has 0 N–H and O–H groups in total. The largest absolute Gasteiger partial charge is 0.454 e. The molecule has 5 rings (SSSR count). The molecule has 0 atom stereocenters. The molecule has 0 bridgehead atoms. The number of hydrogen-bond donors (Lipinski definition) is 0. The molecule has 114 valence electrons. The predicted octanol–water partition coefficient (Wildman–Crippen LogP) is 7.17. The Hall–Kier alpha value is -2.58. The van der Waals surface area contributed by atoms with E-state index in [1.165, 1.54) is 16.5 Å². The third-order valence-corrected chi connectivity index (χ3v) is 5.18. The number of furan rings is 1. The highest BCUT2D eigenvalue weighted by atomic mass is 79.9. The van der Waals surface area contributed by atoms with Crippen molar-refractivity contribution in [3.05, 3.63) is 83.3 Å². The van der Waals surface area contributed by atoms with E-state index < -0.39 is 0 Å².